The van der Waals surface area contributed by atoms with E-state index < -0.39 is 5.60 Å². The van der Waals surface area contributed by atoms with Gasteiger partial charge in [-0.25, -0.2) is 0 Å². The Balaban J connectivity index is 2.28. The normalized spacial score (nSPS) is 27.3. The van der Waals surface area contributed by atoms with Crippen LogP contribution in [0, 0.1) is 5.41 Å². The summed E-state index contributed by atoms with van der Waals surface area (Å²) in [7, 11) is 0. The molecule has 1 unspecified atom stereocenters. The van der Waals surface area contributed by atoms with Gasteiger partial charge in [0.1, 0.15) is 0 Å². The highest BCUT2D eigenvalue weighted by Gasteiger charge is 2.48. The van der Waals surface area contributed by atoms with Gasteiger partial charge in [0.2, 0.25) is 0 Å². The summed E-state index contributed by atoms with van der Waals surface area (Å²) < 4.78 is 0. The van der Waals surface area contributed by atoms with Gasteiger partial charge in [-0.3, -0.25) is 0 Å². The van der Waals surface area contributed by atoms with Crippen molar-refractivity contribution in [3.05, 3.63) is 35.4 Å². The molecule has 0 spiro atoms. The van der Waals surface area contributed by atoms with Crippen molar-refractivity contribution in [2.75, 3.05) is 0 Å². The van der Waals surface area contributed by atoms with E-state index in [4.69, 9.17) is 0 Å². The third kappa shape index (κ3) is 2.13. The van der Waals surface area contributed by atoms with Crippen molar-refractivity contribution in [2.45, 2.75) is 58.5 Å². The SMILES string of the molecule is CCCc1ccc(C2(O)CCCC2(C)C)cc1. The van der Waals surface area contributed by atoms with E-state index in [1.807, 2.05) is 0 Å². The Hall–Kier alpha value is -0.820. The monoisotopic (exact) mass is 232 g/mol. The second-order valence-electron chi connectivity index (χ2n) is 6.04. The molecule has 17 heavy (non-hydrogen) atoms. The number of rotatable bonds is 3. The summed E-state index contributed by atoms with van der Waals surface area (Å²) in [6, 6.07) is 8.59. The minimum absolute atomic E-state index is 0.000721. The zero-order valence-electron chi connectivity index (χ0n) is 11.3. The van der Waals surface area contributed by atoms with Crippen LogP contribution >= 0.6 is 0 Å². The lowest BCUT2D eigenvalue weighted by Gasteiger charge is -2.37. The van der Waals surface area contributed by atoms with Crippen molar-refractivity contribution in [1.29, 1.82) is 0 Å². The van der Waals surface area contributed by atoms with Gasteiger partial charge in [-0.1, -0.05) is 51.5 Å². The molecule has 0 aromatic heterocycles. The van der Waals surface area contributed by atoms with Crippen LogP contribution in [-0.4, -0.2) is 5.11 Å². The lowest BCUT2D eigenvalue weighted by atomic mass is 9.73. The molecule has 1 heteroatoms. The zero-order valence-corrected chi connectivity index (χ0v) is 11.3. The number of benzene rings is 1. The maximum Gasteiger partial charge on any atom is 0.0947 e. The van der Waals surface area contributed by atoms with Crippen molar-refractivity contribution in [1.82, 2.24) is 0 Å². The van der Waals surface area contributed by atoms with Crippen molar-refractivity contribution in [3.8, 4) is 0 Å². The largest absolute Gasteiger partial charge is 0.385 e. The van der Waals surface area contributed by atoms with E-state index in [1.165, 1.54) is 12.0 Å². The van der Waals surface area contributed by atoms with Gasteiger partial charge in [0.25, 0.3) is 0 Å². The summed E-state index contributed by atoms with van der Waals surface area (Å²) in [6.45, 7) is 6.56. The molecule has 1 aromatic rings. The lowest BCUT2D eigenvalue weighted by molar-refractivity contribution is -0.0485. The Morgan fingerprint density at radius 1 is 1.12 bits per heavy atom. The highest BCUT2D eigenvalue weighted by molar-refractivity contribution is 5.30. The Morgan fingerprint density at radius 3 is 2.24 bits per heavy atom. The molecular formula is C16H24O. The van der Waals surface area contributed by atoms with E-state index >= 15 is 0 Å². The van der Waals surface area contributed by atoms with E-state index in [-0.39, 0.29) is 5.41 Å². The molecule has 0 amide bonds. The first-order valence-corrected chi connectivity index (χ1v) is 6.81. The third-order valence-electron chi connectivity index (χ3n) is 4.43. The minimum Gasteiger partial charge on any atom is -0.385 e. The first-order chi connectivity index (χ1) is 7.99. The van der Waals surface area contributed by atoms with Gasteiger partial charge in [0, 0.05) is 0 Å². The van der Waals surface area contributed by atoms with E-state index in [9.17, 15) is 5.11 Å². The molecule has 1 atom stereocenters. The molecule has 1 N–H and O–H groups in total. The third-order valence-corrected chi connectivity index (χ3v) is 4.43. The Morgan fingerprint density at radius 2 is 1.76 bits per heavy atom. The molecule has 0 heterocycles. The maximum absolute atomic E-state index is 10.9. The highest BCUT2D eigenvalue weighted by atomic mass is 16.3. The first-order valence-electron chi connectivity index (χ1n) is 6.81. The predicted molar refractivity (Wildman–Crippen MR) is 72.0 cm³/mol. The van der Waals surface area contributed by atoms with Gasteiger partial charge in [0.15, 0.2) is 0 Å². The molecular weight excluding hydrogens is 208 g/mol. The van der Waals surface area contributed by atoms with E-state index in [0.29, 0.717) is 0 Å². The summed E-state index contributed by atoms with van der Waals surface area (Å²) >= 11 is 0. The summed E-state index contributed by atoms with van der Waals surface area (Å²) in [5.41, 5.74) is 1.84. The molecule has 1 aromatic carbocycles. The van der Waals surface area contributed by atoms with E-state index in [2.05, 4.69) is 45.0 Å². The van der Waals surface area contributed by atoms with Gasteiger partial charge in [-0.15, -0.1) is 0 Å². The molecule has 1 nitrogen and oxygen atoms in total. The second kappa shape index (κ2) is 4.45. The van der Waals surface area contributed by atoms with Crippen LogP contribution in [0.5, 0.6) is 0 Å². The fourth-order valence-corrected chi connectivity index (χ4v) is 3.10. The van der Waals surface area contributed by atoms with Crippen LogP contribution in [0.15, 0.2) is 24.3 Å². The Kier molecular flexibility index (Phi) is 3.31. The van der Waals surface area contributed by atoms with Crippen LogP contribution in [0.4, 0.5) is 0 Å². The first kappa shape index (κ1) is 12.6. The molecule has 1 fully saturated rings. The number of hydrogen-bond acceptors (Lipinski definition) is 1. The average molecular weight is 232 g/mol. The van der Waals surface area contributed by atoms with Crippen LogP contribution in [-0.2, 0) is 12.0 Å². The number of aliphatic hydroxyl groups is 1. The molecule has 0 saturated heterocycles. The lowest BCUT2D eigenvalue weighted by Crippen LogP contribution is -2.36. The second-order valence-corrected chi connectivity index (χ2v) is 6.04. The number of hydrogen-bond donors (Lipinski definition) is 1. The van der Waals surface area contributed by atoms with Crippen LogP contribution in [0.25, 0.3) is 0 Å². The van der Waals surface area contributed by atoms with Crippen molar-refractivity contribution in [2.24, 2.45) is 5.41 Å². The quantitative estimate of drug-likeness (QED) is 0.834. The highest BCUT2D eigenvalue weighted by Crippen LogP contribution is 2.52. The van der Waals surface area contributed by atoms with Crippen LogP contribution < -0.4 is 0 Å². The predicted octanol–water partition coefficient (Wildman–Crippen LogP) is 4.04. The van der Waals surface area contributed by atoms with Crippen LogP contribution in [0.3, 0.4) is 0 Å². The Labute approximate surface area is 105 Å². The smallest absolute Gasteiger partial charge is 0.0947 e. The topological polar surface area (TPSA) is 20.2 Å². The molecule has 1 aliphatic rings. The zero-order chi connectivity index (χ0) is 12.5. The van der Waals surface area contributed by atoms with E-state index in [1.54, 1.807) is 0 Å². The molecule has 2 rings (SSSR count). The van der Waals surface area contributed by atoms with Crippen molar-refractivity contribution in [3.63, 3.8) is 0 Å². The summed E-state index contributed by atoms with van der Waals surface area (Å²) in [6.07, 6.45) is 5.44. The van der Waals surface area contributed by atoms with Gasteiger partial charge < -0.3 is 5.11 Å². The van der Waals surface area contributed by atoms with Crippen LogP contribution in [0.1, 0.15) is 57.6 Å². The summed E-state index contributed by atoms with van der Waals surface area (Å²) in [5.74, 6) is 0. The molecule has 0 aliphatic heterocycles. The minimum atomic E-state index is -0.627. The molecule has 0 bridgehead atoms. The van der Waals surface area contributed by atoms with Crippen LogP contribution in [0.2, 0.25) is 0 Å². The fraction of sp³-hybridized carbons (Fsp3) is 0.625. The molecule has 1 aliphatic carbocycles. The summed E-state index contributed by atoms with van der Waals surface area (Å²) in [5, 5.41) is 10.9. The standard InChI is InChI=1S/C16H24O/c1-4-6-13-7-9-14(10-8-13)16(17)12-5-11-15(16,2)3/h7-10,17H,4-6,11-12H2,1-3H3. The maximum atomic E-state index is 10.9. The average Bonchev–Trinajstić information content (AvgIpc) is 2.56. The van der Waals surface area contributed by atoms with Crippen molar-refractivity contribution >= 4 is 0 Å². The van der Waals surface area contributed by atoms with Gasteiger partial charge in [-0.2, -0.15) is 0 Å². The molecule has 94 valence electrons. The van der Waals surface area contributed by atoms with E-state index in [0.717, 1.165) is 31.2 Å². The van der Waals surface area contributed by atoms with Gasteiger partial charge >= 0.3 is 0 Å². The molecule has 1 saturated carbocycles. The number of aryl methyl sites for hydroxylation is 1. The van der Waals surface area contributed by atoms with Gasteiger partial charge in [-0.05, 0) is 42.2 Å². The van der Waals surface area contributed by atoms with Gasteiger partial charge in [0.05, 0.1) is 5.60 Å². The fourth-order valence-electron chi connectivity index (χ4n) is 3.10. The summed E-state index contributed by atoms with van der Waals surface area (Å²) in [4.78, 5) is 0. The molecule has 0 radical (unpaired) electrons. The Bertz CT molecular complexity index is 377. The van der Waals surface area contributed by atoms with Crippen molar-refractivity contribution < 1.29 is 5.11 Å².